The Kier molecular flexibility index (Phi) is 11.7. The van der Waals surface area contributed by atoms with Gasteiger partial charge in [0.15, 0.2) is 0 Å². The number of benzene rings is 1. The van der Waals surface area contributed by atoms with Crippen molar-refractivity contribution in [1.29, 1.82) is 0 Å². The van der Waals surface area contributed by atoms with Gasteiger partial charge in [0.1, 0.15) is 0 Å². The second-order valence-electron chi connectivity index (χ2n) is 7.56. The maximum Gasteiger partial charge on any atom is 4.00 e. The molecule has 0 radical (unpaired) electrons. The minimum absolute atomic E-state index is 0. The molecule has 3 aliphatic rings. The predicted molar refractivity (Wildman–Crippen MR) is 103 cm³/mol. The maximum atomic E-state index is 5.38. The van der Waals surface area contributed by atoms with Crippen LogP contribution in [-0.4, -0.2) is 13.2 Å². The fraction of sp³-hybridized carbons (Fsp3) is 0.609. The molecule has 4 rings (SSSR count). The molecule has 1 nitrogen and oxygen atoms in total. The van der Waals surface area contributed by atoms with E-state index in [4.69, 9.17) is 4.74 Å². The van der Waals surface area contributed by atoms with E-state index in [2.05, 4.69) is 19.9 Å². The van der Waals surface area contributed by atoms with Crippen molar-refractivity contribution in [2.24, 2.45) is 5.41 Å². The molecule has 134 valence electrons. The molecule has 1 atom stereocenters. The molecule has 1 saturated heterocycles. The summed E-state index contributed by atoms with van der Waals surface area (Å²) in [6.45, 7) is 7.57. The van der Waals surface area contributed by atoms with Crippen LogP contribution in [0.4, 0.5) is 0 Å². The molecule has 2 heteroatoms. The Labute approximate surface area is 170 Å². The predicted octanol–water partition coefficient (Wildman–Crippen LogP) is 6.53. The van der Waals surface area contributed by atoms with Crippen molar-refractivity contribution >= 4 is 0 Å². The zero-order chi connectivity index (χ0) is 17.1. The van der Waals surface area contributed by atoms with Crippen LogP contribution in [0.15, 0.2) is 35.9 Å². The molecule has 3 fully saturated rings. The van der Waals surface area contributed by atoms with E-state index in [0.29, 0.717) is 13.2 Å². The molecule has 1 aromatic carbocycles. The Morgan fingerprint density at radius 1 is 0.840 bits per heavy atom. The largest absolute Gasteiger partial charge is 4.00 e. The standard InChI is InChI=1S/C13H14O.2C5H10.Ti/c1-13(2)10-14-9-12(13)8-11-6-4-3-5-7-11;2*1-2-4-5-3-1;/h3-7H,1,9-10H2,2H3;2*1-5H2;/q-2;;;+4. The van der Waals surface area contributed by atoms with Crippen LogP contribution in [0.2, 0.25) is 0 Å². The molecule has 0 amide bonds. The zero-order valence-corrected chi connectivity index (χ0v) is 17.5. The second-order valence-corrected chi connectivity index (χ2v) is 7.56. The maximum absolute atomic E-state index is 5.38. The molecule has 0 aromatic heterocycles. The van der Waals surface area contributed by atoms with Gasteiger partial charge in [-0.1, -0.05) is 77.2 Å². The van der Waals surface area contributed by atoms with Crippen molar-refractivity contribution in [3.63, 3.8) is 0 Å². The zero-order valence-electron chi connectivity index (χ0n) is 16.0. The summed E-state index contributed by atoms with van der Waals surface area (Å²) in [5, 5.41) is 0. The van der Waals surface area contributed by atoms with Crippen LogP contribution >= 0.6 is 0 Å². The molecule has 0 bridgehead atoms. The second kappa shape index (κ2) is 12.9. The first-order valence-electron chi connectivity index (χ1n) is 9.80. The molecule has 0 spiro atoms. The summed E-state index contributed by atoms with van der Waals surface area (Å²) in [5.74, 6) is 0. The van der Waals surface area contributed by atoms with Crippen LogP contribution < -0.4 is 0 Å². The molecule has 25 heavy (non-hydrogen) atoms. The van der Waals surface area contributed by atoms with Crippen LogP contribution in [0.25, 0.3) is 0 Å². The van der Waals surface area contributed by atoms with Gasteiger partial charge in [0.25, 0.3) is 0 Å². The van der Waals surface area contributed by atoms with Crippen molar-refractivity contribution < 1.29 is 26.5 Å². The summed E-state index contributed by atoms with van der Waals surface area (Å²) in [4.78, 5) is 0. The van der Waals surface area contributed by atoms with Gasteiger partial charge in [-0.3, -0.25) is 0 Å². The molecule has 1 aliphatic heterocycles. The summed E-state index contributed by atoms with van der Waals surface area (Å²) in [5.41, 5.74) is 2.15. The molecule has 1 aromatic rings. The molecule has 1 unspecified atom stereocenters. The number of hydrogen-bond acceptors (Lipinski definition) is 1. The Morgan fingerprint density at radius 2 is 1.28 bits per heavy atom. The monoisotopic (exact) mass is 374 g/mol. The van der Waals surface area contributed by atoms with Gasteiger partial charge in [-0.25, -0.2) is 0 Å². The molecule has 2 saturated carbocycles. The van der Waals surface area contributed by atoms with Gasteiger partial charge in [0.2, 0.25) is 0 Å². The third-order valence-corrected chi connectivity index (χ3v) is 4.96. The van der Waals surface area contributed by atoms with Gasteiger partial charge in [0.05, 0.1) is 6.61 Å². The van der Waals surface area contributed by atoms with E-state index in [9.17, 15) is 0 Å². The molecular formula is C23H34OTi+2. The Balaban J connectivity index is 0.000000233. The van der Waals surface area contributed by atoms with E-state index in [1.165, 1.54) is 64.2 Å². The SMILES string of the molecule is C1CCCC1.C1CCCC1.[CH2-]C1(C)COCC1=[C-]c1ccccc1.[Ti+4]. The van der Waals surface area contributed by atoms with Gasteiger partial charge < -0.3 is 11.7 Å². The number of ether oxygens (including phenoxy) is 1. The van der Waals surface area contributed by atoms with Crippen LogP contribution in [0.1, 0.15) is 76.7 Å². The first-order chi connectivity index (χ1) is 11.7. The average molecular weight is 374 g/mol. The number of hydrogen-bond donors (Lipinski definition) is 0. The summed E-state index contributed by atoms with van der Waals surface area (Å²) in [6.07, 6.45) is 18.4. The Morgan fingerprint density at radius 3 is 1.64 bits per heavy atom. The molecule has 1 heterocycles. The third-order valence-electron chi connectivity index (χ3n) is 4.96. The minimum atomic E-state index is -0.101. The van der Waals surface area contributed by atoms with Gasteiger partial charge in [-0.2, -0.15) is 23.8 Å². The summed E-state index contributed by atoms with van der Waals surface area (Å²) >= 11 is 0. The third kappa shape index (κ3) is 9.22. The normalized spacial score (nSPS) is 26.2. The van der Waals surface area contributed by atoms with E-state index in [1.807, 2.05) is 30.3 Å². The van der Waals surface area contributed by atoms with Crippen LogP contribution in [0, 0.1) is 18.4 Å². The Bertz CT molecular complexity index is 445. The van der Waals surface area contributed by atoms with Crippen molar-refractivity contribution in [2.45, 2.75) is 71.1 Å². The van der Waals surface area contributed by atoms with Crippen LogP contribution in [-0.2, 0) is 26.5 Å². The van der Waals surface area contributed by atoms with Crippen molar-refractivity contribution in [2.75, 3.05) is 13.2 Å². The fourth-order valence-electron chi connectivity index (χ4n) is 3.29. The van der Waals surface area contributed by atoms with Crippen molar-refractivity contribution in [3.05, 3.63) is 54.5 Å². The van der Waals surface area contributed by atoms with E-state index in [-0.39, 0.29) is 27.1 Å². The van der Waals surface area contributed by atoms with Crippen molar-refractivity contribution in [1.82, 2.24) is 0 Å². The first kappa shape index (κ1) is 22.7. The summed E-state index contributed by atoms with van der Waals surface area (Å²) < 4.78 is 5.38. The van der Waals surface area contributed by atoms with Crippen molar-refractivity contribution in [3.8, 4) is 0 Å². The van der Waals surface area contributed by atoms with E-state index in [1.54, 1.807) is 0 Å². The van der Waals surface area contributed by atoms with E-state index >= 15 is 0 Å². The summed E-state index contributed by atoms with van der Waals surface area (Å²) in [7, 11) is 0. The molecule has 2 aliphatic carbocycles. The van der Waals surface area contributed by atoms with E-state index < -0.39 is 0 Å². The minimum Gasteiger partial charge on any atom is -0.380 e. The number of rotatable bonds is 1. The van der Waals surface area contributed by atoms with Crippen LogP contribution in [0.3, 0.4) is 0 Å². The fourth-order valence-corrected chi connectivity index (χ4v) is 3.29. The average Bonchev–Trinajstić information content (AvgIpc) is 3.35. The summed E-state index contributed by atoms with van der Waals surface area (Å²) in [6, 6.07) is 10.1. The quantitative estimate of drug-likeness (QED) is 0.401. The topological polar surface area (TPSA) is 9.23 Å². The molecular weight excluding hydrogens is 340 g/mol. The van der Waals surface area contributed by atoms with Gasteiger partial charge in [0, 0.05) is 6.61 Å². The smallest absolute Gasteiger partial charge is 0.380 e. The van der Waals surface area contributed by atoms with Gasteiger partial charge in [-0.05, 0) is 0 Å². The van der Waals surface area contributed by atoms with Gasteiger partial charge >= 0.3 is 21.7 Å². The Hall–Kier alpha value is -0.366. The van der Waals surface area contributed by atoms with E-state index in [0.717, 1.165) is 11.1 Å². The first-order valence-corrected chi connectivity index (χ1v) is 9.80. The molecule has 0 N–H and O–H groups in total. The van der Waals surface area contributed by atoms with Crippen LogP contribution in [0.5, 0.6) is 0 Å². The van der Waals surface area contributed by atoms with Gasteiger partial charge in [-0.15, -0.1) is 23.1 Å².